The Bertz CT molecular complexity index is 750. The highest BCUT2D eigenvalue weighted by atomic mass is 16.5. The predicted molar refractivity (Wildman–Crippen MR) is 72.2 cm³/mol. The lowest BCUT2D eigenvalue weighted by atomic mass is 10.2. The van der Waals surface area contributed by atoms with Gasteiger partial charge in [0.1, 0.15) is 17.3 Å². The molecule has 0 bridgehead atoms. The Hall–Kier alpha value is -2.56. The number of benzene rings is 1. The van der Waals surface area contributed by atoms with Crippen molar-refractivity contribution in [1.82, 2.24) is 14.5 Å². The molecule has 1 aromatic carbocycles. The van der Waals surface area contributed by atoms with Crippen molar-refractivity contribution in [3.8, 4) is 22.9 Å². The summed E-state index contributed by atoms with van der Waals surface area (Å²) in [7, 11) is 3.54. The SMILES string of the molecule is COc1ccc2c(c1)nc(-c1ccncc1O)n2C. The Morgan fingerprint density at radius 2 is 2.11 bits per heavy atom. The molecule has 0 atom stereocenters. The van der Waals surface area contributed by atoms with Crippen molar-refractivity contribution < 1.29 is 9.84 Å². The van der Waals surface area contributed by atoms with Crippen molar-refractivity contribution in [1.29, 1.82) is 0 Å². The molecule has 0 radical (unpaired) electrons. The Morgan fingerprint density at radius 1 is 1.26 bits per heavy atom. The van der Waals surface area contributed by atoms with E-state index in [-0.39, 0.29) is 5.75 Å². The van der Waals surface area contributed by atoms with Gasteiger partial charge in [0.2, 0.25) is 0 Å². The smallest absolute Gasteiger partial charge is 0.144 e. The number of rotatable bonds is 2. The number of aromatic hydroxyl groups is 1. The molecule has 0 aliphatic heterocycles. The number of methoxy groups -OCH3 is 1. The minimum Gasteiger partial charge on any atom is -0.506 e. The van der Waals surface area contributed by atoms with Crippen molar-refractivity contribution in [3.05, 3.63) is 36.7 Å². The summed E-state index contributed by atoms with van der Waals surface area (Å²) in [5.74, 6) is 1.58. The molecule has 0 saturated heterocycles. The van der Waals surface area contributed by atoms with E-state index in [4.69, 9.17) is 4.74 Å². The highest BCUT2D eigenvalue weighted by Gasteiger charge is 2.13. The fraction of sp³-hybridized carbons (Fsp3) is 0.143. The first-order chi connectivity index (χ1) is 9.20. The van der Waals surface area contributed by atoms with Crippen LogP contribution in [0.2, 0.25) is 0 Å². The van der Waals surface area contributed by atoms with Gasteiger partial charge in [-0.25, -0.2) is 4.98 Å². The van der Waals surface area contributed by atoms with Gasteiger partial charge in [-0.05, 0) is 18.2 Å². The largest absolute Gasteiger partial charge is 0.506 e. The van der Waals surface area contributed by atoms with E-state index < -0.39 is 0 Å². The van der Waals surface area contributed by atoms with Crippen LogP contribution in [0.4, 0.5) is 0 Å². The van der Waals surface area contributed by atoms with Crippen molar-refractivity contribution in [2.75, 3.05) is 7.11 Å². The summed E-state index contributed by atoms with van der Waals surface area (Å²) >= 11 is 0. The molecule has 2 aromatic heterocycles. The number of hydrogen-bond donors (Lipinski definition) is 1. The van der Waals surface area contributed by atoms with E-state index in [1.165, 1.54) is 6.20 Å². The summed E-state index contributed by atoms with van der Waals surface area (Å²) in [6, 6.07) is 7.45. The molecule has 5 nitrogen and oxygen atoms in total. The molecule has 0 amide bonds. The van der Waals surface area contributed by atoms with Gasteiger partial charge in [-0.15, -0.1) is 0 Å². The molecule has 19 heavy (non-hydrogen) atoms. The van der Waals surface area contributed by atoms with Gasteiger partial charge in [-0.2, -0.15) is 0 Å². The monoisotopic (exact) mass is 255 g/mol. The van der Waals surface area contributed by atoms with Gasteiger partial charge in [-0.3, -0.25) is 4.98 Å². The summed E-state index contributed by atoms with van der Waals surface area (Å²) in [4.78, 5) is 8.42. The molecule has 5 heteroatoms. The maximum atomic E-state index is 9.87. The van der Waals surface area contributed by atoms with Gasteiger partial charge < -0.3 is 14.4 Å². The van der Waals surface area contributed by atoms with Crippen molar-refractivity contribution in [3.63, 3.8) is 0 Å². The normalized spacial score (nSPS) is 10.8. The van der Waals surface area contributed by atoms with Crippen LogP contribution < -0.4 is 4.74 Å². The summed E-state index contributed by atoms with van der Waals surface area (Å²) in [6.45, 7) is 0. The number of aromatic nitrogens is 3. The summed E-state index contributed by atoms with van der Waals surface area (Å²) in [5.41, 5.74) is 2.47. The summed E-state index contributed by atoms with van der Waals surface area (Å²) in [6.07, 6.45) is 3.05. The molecule has 3 rings (SSSR count). The van der Waals surface area contributed by atoms with Crippen LogP contribution in [0.3, 0.4) is 0 Å². The summed E-state index contributed by atoms with van der Waals surface area (Å²) < 4.78 is 7.13. The van der Waals surface area contributed by atoms with Gasteiger partial charge in [0, 0.05) is 19.3 Å². The second-order valence-electron chi connectivity index (χ2n) is 4.24. The first-order valence-corrected chi connectivity index (χ1v) is 5.84. The Balaban J connectivity index is 2.25. The Labute approximate surface area is 110 Å². The standard InChI is InChI=1S/C14H13N3O2/c1-17-12-4-3-9(19-2)7-11(12)16-14(17)10-5-6-15-8-13(10)18/h3-8,18H,1-2H3. The molecular formula is C14H13N3O2. The molecule has 0 aliphatic carbocycles. The average molecular weight is 255 g/mol. The van der Waals surface area contributed by atoms with Gasteiger partial charge in [-0.1, -0.05) is 0 Å². The van der Waals surface area contributed by atoms with E-state index in [1.807, 2.05) is 29.8 Å². The van der Waals surface area contributed by atoms with Gasteiger partial charge in [0.25, 0.3) is 0 Å². The minimum absolute atomic E-state index is 0.118. The topological polar surface area (TPSA) is 60.2 Å². The van der Waals surface area contributed by atoms with E-state index in [0.29, 0.717) is 11.4 Å². The number of pyridine rings is 1. The van der Waals surface area contributed by atoms with Crippen molar-refractivity contribution in [2.45, 2.75) is 0 Å². The number of hydrogen-bond acceptors (Lipinski definition) is 4. The molecule has 0 saturated carbocycles. The molecule has 2 heterocycles. The Morgan fingerprint density at radius 3 is 2.84 bits per heavy atom. The van der Waals surface area contributed by atoms with Crippen LogP contribution in [-0.4, -0.2) is 26.8 Å². The third kappa shape index (κ3) is 1.79. The average Bonchev–Trinajstić information content (AvgIpc) is 2.76. The second-order valence-corrected chi connectivity index (χ2v) is 4.24. The summed E-state index contributed by atoms with van der Waals surface area (Å²) in [5, 5.41) is 9.87. The van der Waals surface area contributed by atoms with E-state index in [9.17, 15) is 5.11 Å². The zero-order valence-electron chi connectivity index (χ0n) is 10.7. The molecule has 1 N–H and O–H groups in total. The van der Waals surface area contributed by atoms with E-state index in [2.05, 4.69) is 9.97 Å². The lowest BCUT2D eigenvalue weighted by Crippen LogP contribution is -1.93. The number of ether oxygens (including phenoxy) is 1. The van der Waals surface area contributed by atoms with Crippen LogP contribution in [0.5, 0.6) is 11.5 Å². The molecule has 0 fully saturated rings. The fourth-order valence-corrected chi connectivity index (χ4v) is 2.12. The van der Waals surface area contributed by atoms with Crippen molar-refractivity contribution in [2.24, 2.45) is 7.05 Å². The van der Waals surface area contributed by atoms with Gasteiger partial charge in [0.05, 0.1) is 29.9 Å². The number of nitrogens with zero attached hydrogens (tertiary/aromatic N) is 3. The first-order valence-electron chi connectivity index (χ1n) is 5.84. The number of imidazole rings is 1. The number of fused-ring (bicyclic) bond motifs is 1. The maximum Gasteiger partial charge on any atom is 0.144 e. The highest BCUT2D eigenvalue weighted by Crippen LogP contribution is 2.30. The van der Waals surface area contributed by atoms with Crippen LogP contribution in [0, 0.1) is 0 Å². The lowest BCUT2D eigenvalue weighted by Gasteiger charge is -2.04. The van der Waals surface area contributed by atoms with Crippen molar-refractivity contribution >= 4 is 11.0 Å². The molecule has 0 aliphatic rings. The zero-order valence-corrected chi connectivity index (χ0v) is 10.7. The van der Waals surface area contributed by atoms with E-state index in [1.54, 1.807) is 19.4 Å². The number of aryl methyl sites for hydroxylation is 1. The quantitative estimate of drug-likeness (QED) is 0.763. The van der Waals surface area contributed by atoms with Crippen LogP contribution >= 0.6 is 0 Å². The minimum atomic E-state index is 0.118. The second kappa shape index (κ2) is 4.28. The van der Waals surface area contributed by atoms with Crippen LogP contribution in [0.15, 0.2) is 36.7 Å². The fourth-order valence-electron chi connectivity index (χ4n) is 2.12. The predicted octanol–water partition coefficient (Wildman–Crippen LogP) is 2.35. The van der Waals surface area contributed by atoms with Crippen LogP contribution in [0.1, 0.15) is 0 Å². The zero-order chi connectivity index (χ0) is 13.4. The van der Waals surface area contributed by atoms with Crippen LogP contribution in [0.25, 0.3) is 22.4 Å². The highest BCUT2D eigenvalue weighted by molar-refractivity contribution is 5.82. The third-order valence-corrected chi connectivity index (χ3v) is 3.13. The van der Waals surface area contributed by atoms with E-state index >= 15 is 0 Å². The third-order valence-electron chi connectivity index (χ3n) is 3.13. The van der Waals surface area contributed by atoms with Gasteiger partial charge in [0.15, 0.2) is 0 Å². The molecular weight excluding hydrogens is 242 g/mol. The molecule has 0 unspecified atom stereocenters. The molecule has 0 spiro atoms. The molecule has 3 aromatic rings. The van der Waals surface area contributed by atoms with Gasteiger partial charge >= 0.3 is 0 Å². The Kier molecular flexibility index (Phi) is 2.59. The maximum absolute atomic E-state index is 9.87. The molecule has 96 valence electrons. The lowest BCUT2D eigenvalue weighted by molar-refractivity contribution is 0.415. The van der Waals surface area contributed by atoms with E-state index in [0.717, 1.165) is 16.8 Å². The first kappa shape index (κ1) is 11.5. The van der Waals surface area contributed by atoms with Crippen LogP contribution in [-0.2, 0) is 7.05 Å².